The topological polar surface area (TPSA) is 12.5 Å². The molecule has 3 aromatic carbocycles. The molecule has 0 saturated heterocycles. The molecule has 3 heteroatoms. The van der Waals surface area contributed by atoms with Crippen molar-refractivity contribution in [3.05, 3.63) is 95.1 Å². The Morgan fingerprint density at radius 1 is 0.839 bits per heavy atom. The molecule has 164 valence electrons. The van der Waals surface area contributed by atoms with E-state index in [0.29, 0.717) is 15.2 Å². The highest BCUT2D eigenvalue weighted by Crippen LogP contribution is 2.51. The van der Waals surface area contributed by atoms with Gasteiger partial charge in [0.2, 0.25) is 0 Å². The lowest BCUT2D eigenvalue weighted by Crippen LogP contribution is -2.25. The van der Waals surface area contributed by atoms with Gasteiger partial charge in [0.05, 0.1) is 0 Å². The van der Waals surface area contributed by atoms with Crippen molar-refractivity contribution < 1.29 is 4.74 Å². The summed E-state index contributed by atoms with van der Waals surface area (Å²) in [5, 5.41) is 1.54. The van der Waals surface area contributed by atoms with Crippen molar-refractivity contribution in [2.24, 2.45) is 0 Å². The van der Waals surface area contributed by atoms with Gasteiger partial charge in [0.25, 0.3) is 0 Å². The van der Waals surface area contributed by atoms with Crippen LogP contribution in [0, 0.1) is 6.92 Å². The molecular formula is C28H36NOP. The molecule has 0 N–H and O–H groups in total. The molecule has 0 aliphatic carbocycles. The summed E-state index contributed by atoms with van der Waals surface area (Å²) in [7, 11) is 4.98. The van der Waals surface area contributed by atoms with Gasteiger partial charge in [0, 0.05) is 17.3 Å². The molecule has 31 heavy (non-hydrogen) atoms. The van der Waals surface area contributed by atoms with Gasteiger partial charge in [-0.2, -0.15) is 0 Å². The zero-order chi connectivity index (χ0) is 22.3. The summed E-state index contributed by atoms with van der Waals surface area (Å²) in [6, 6.07) is 26.0. The van der Waals surface area contributed by atoms with E-state index in [-0.39, 0.29) is 5.16 Å². The van der Waals surface area contributed by atoms with E-state index in [4.69, 9.17) is 4.74 Å². The Kier molecular flexibility index (Phi) is 8.29. The Morgan fingerprint density at radius 2 is 1.52 bits per heavy atom. The zero-order valence-corrected chi connectivity index (χ0v) is 20.6. The largest absolute Gasteiger partial charge is 0.488 e. The molecule has 0 aliphatic heterocycles. The monoisotopic (exact) mass is 433 g/mol. The number of benzene rings is 3. The SMILES string of the molecule is CCC(CC)(Pc1ccccc1CN(C)C)c1cccc(C)c1OCc1ccccc1. The van der Waals surface area contributed by atoms with Crippen molar-refractivity contribution in [1.82, 2.24) is 4.90 Å². The Morgan fingerprint density at radius 3 is 2.19 bits per heavy atom. The molecule has 1 atom stereocenters. The summed E-state index contributed by atoms with van der Waals surface area (Å²) in [4.78, 5) is 2.25. The summed E-state index contributed by atoms with van der Waals surface area (Å²) >= 11 is 0. The first-order valence-electron chi connectivity index (χ1n) is 11.3. The van der Waals surface area contributed by atoms with E-state index in [0.717, 1.165) is 25.1 Å². The summed E-state index contributed by atoms with van der Waals surface area (Å²) in [5.41, 5.74) is 5.20. The maximum atomic E-state index is 6.49. The van der Waals surface area contributed by atoms with Crippen LogP contribution in [0.15, 0.2) is 72.8 Å². The van der Waals surface area contributed by atoms with Crippen molar-refractivity contribution in [1.29, 1.82) is 0 Å². The molecule has 3 rings (SSSR count). The fourth-order valence-electron chi connectivity index (χ4n) is 4.20. The van der Waals surface area contributed by atoms with Crippen LogP contribution < -0.4 is 10.0 Å². The van der Waals surface area contributed by atoms with E-state index in [1.165, 1.54) is 27.6 Å². The number of rotatable bonds is 10. The number of para-hydroxylation sites is 1. The molecule has 0 aliphatic rings. The van der Waals surface area contributed by atoms with Gasteiger partial charge >= 0.3 is 0 Å². The van der Waals surface area contributed by atoms with Gasteiger partial charge in [-0.05, 0) is 55.9 Å². The van der Waals surface area contributed by atoms with Gasteiger partial charge in [0.15, 0.2) is 0 Å². The third kappa shape index (κ3) is 5.76. The predicted molar refractivity (Wildman–Crippen MR) is 136 cm³/mol. The Hall–Kier alpha value is -2.15. The van der Waals surface area contributed by atoms with Gasteiger partial charge in [-0.1, -0.05) is 95.2 Å². The van der Waals surface area contributed by atoms with E-state index in [2.05, 4.69) is 106 Å². The molecule has 1 unspecified atom stereocenters. The highest BCUT2D eigenvalue weighted by molar-refractivity contribution is 7.48. The summed E-state index contributed by atoms with van der Waals surface area (Å²) in [5.74, 6) is 1.06. The first-order valence-corrected chi connectivity index (χ1v) is 12.3. The Labute approximate surface area is 190 Å². The van der Waals surface area contributed by atoms with E-state index in [1.807, 2.05) is 6.07 Å². The van der Waals surface area contributed by atoms with Crippen molar-refractivity contribution >= 4 is 13.9 Å². The zero-order valence-electron chi connectivity index (χ0n) is 19.6. The van der Waals surface area contributed by atoms with Crippen LogP contribution in [0.25, 0.3) is 0 Å². The van der Waals surface area contributed by atoms with E-state index in [1.54, 1.807) is 0 Å². The van der Waals surface area contributed by atoms with Gasteiger partial charge < -0.3 is 9.64 Å². The number of hydrogen-bond donors (Lipinski definition) is 0. The van der Waals surface area contributed by atoms with E-state index in [9.17, 15) is 0 Å². The second kappa shape index (κ2) is 10.9. The molecule has 0 amide bonds. The average molecular weight is 434 g/mol. The summed E-state index contributed by atoms with van der Waals surface area (Å²) in [6.45, 7) is 8.39. The lowest BCUT2D eigenvalue weighted by Gasteiger charge is -2.35. The molecule has 0 heterocycles. The van der Waals surface area contributed by atoms with Crippen LogP contribution in [0.5, 0.6) is 5.75 Å². The lowest BCUT2D eigenvalue weighted by atomic mass is 9.90. The molecule has 0 saturated carbocycles. The second-order valence-electron chi connectivity index (χ2n) is 8.54. The maximum Gasteiger partial charge on any atom is 0.126 e. The van der Waals surface area contributed by atoms with Crippen LogP contribution in [0.4, 0.5) is 0 Å². The summed E-state index contributed by atoms with van der Waals surface area (Å²) < 4.78 is 6.49. The average Bonchev–Trinajstić information content (AvgIpc) is 2.78. The quantitative estimate of drug-likeness (QED) is 0.332. The third-order valence-electron chi connectivity index (χ3n) is 6.04. The molecule has 0 aromatic heterocycles. The van der Waals surface area contributed by atoms with Crippen molar-refractivity contribution in [3.63, 3.8) is 0 Å². The third-order valence-corrected chi connectivity index (χ3v) is 8.25. The minimum atomic E-state index is 0.0699. The predicted octanol–water partition coefficient (Wildman–Crippen LogP) is 6.65. The Balaban J connectivity index is 1.98. The molecule has 0 bridgehead atoms. The first-order chi connectivity index (χ1) is 15.0. The molecule has 0 radical (unpaired) electrons. The van der Waals surface area contributed by atoms with E-state index >= 15 is 0 Å². The van der Waals surface area contributed by atoms with Crippen molar-refractivity contribution in [3.8, 4) is 5.75 Å². The minimum Gasteiger partial charge on any atom is -0.488 e. The van der Waals surface area contributed by atoms with Crippen LogP contribution >= 0.6 is 8.58 Å². The molecule has 3 aromatic rings. The summed E-state index contributed by atoms with van der Waals surface area (Å²) in [6.07, 6.45) is 2.17. The molecule has 0 fully saturated rings. The normalized spacial score (nSPS) is 12.1. The highest BCUT2D eigenvalue weighted by Gasteiger charge is 2.33. The van der Waals surface area contributed by atoms with Crippen LogP contribution in [0.3, 0.4) is 0 Å². The van der Waals surface area contributed by atoms with Crippen LogP contribution in [0.2, 0.25) is 0 Å². The second-order valence-corrected chi connectivity index (χ2v) is 10.3. The van der Waals surface area contributed by atoms with Gasteiger partial charge in [-0.3, -0.25) is 0 Å². The maximum absolute atomic E-state index is 6.49. The van der Waals surface area contributed by atoms with Gasteiger partial charge in [-0.25, -0.2) is 0 Å². The molecule has 0 spiro atoms. The lowest BCUT2D eigenvalue weighted by molar-refractivity contribution is 0.296. The number of hydrogen-bond acceptors (Lipinski definition) is 2. The number of ether oxygens (including phenoxy) is 1. The van der Waals surface area contributed by atoms with Crippen LogP contribution in [0.1, 0.15) is 48.9 Å². The fourth-order valence-corrected chi connectivity index (χ4v) is 5.91. The minimum absolute atomic E-state index is 0.0699. The van der Waals surface area contributed by atoms with Crippen LogP contribution in [-0.2, 0) is 18.3 Å². The van der Waals surface area contributed by atoms with E-state index < -0.39 is 0 Å². The Bertz CT molecular complexity index is 964. The standard InChI is InChI=1S/C28H36NOP/c1-6-28(7-2,31-26-19-12-11-17-24(26)20-29(4)5)25-18-13-14-22(3)27(25)30-21-23-15-9-8-10-16-23/h8-19,31H,6-7,20-21H2,1-5H3. The first kappa shape index (κ1) is 23.5. The smallest absolute Gasteiger partial charge is 0.126 e. The number of aryl methyl sites for hydroxylation is 1. The van der Waals surface area contributed by atoms with Crippen molar-refractivity contribution in [2.45, 2.75) is 51.9 Å². The van der Waals surface area contributed by atoms with Crippen LogP contribution in [-0.4, -0.2) is 19.0 Å². The molecule has 2 nitrogen and oxygen atoms in total. The van der Waals surface area contributed by atoms with Gasteiger partial charge in [0.1, 0.15) is 12.4 Å². The molecular weight excluding hydrogens is 397 g/mol. The van der Waals surface area contributed by atoms with Crippen molar-refractivity contribution in [2.75, 3.05) is 14.1 Å². The van der Waals surface area contributed by atoms with Gasteiger partial charge in [-0.15, -0.1) is 0 Å². The number of nitrogens with zero attached hydrogens (tertiary/aromatic N) is 1. The fraction of sp³-hybridized carbons (Fsp3) is 0.357. The highest BCUT2D eigenvalue weighted by atomic mass is 31.1.